The molecule has 0 N–H and O–H groups in total. The van der Waals surface area contributed by atoms with Crippen LogP contribution in [0.5, 0.6) is 0 Å². The molecule has 142 valence electrons. The molecule has 1 atom stereocenters. The SMILES string of the molecule is CCCCN1C[C@]2(CCCN(C(=O)c3cc(C)nc(C)n3)C2)CCC1=O. The molecule has 1 aromatic heterocycles. The third kappa shape index (κ3) is 4.05. The molecular weight excluding hydrogens is 328 g/mol. The quantitative estimate of drug-likeness (QED) is 0.830. The van der Waals surface area contributed by atoms with E-state index in [9.17, 15) is 9.59 Å². The van der Waals surface area contributed by atoms with Crippen LogP contribution in [0, 0.1) is 19.3 Å². The zero-order chi connectivity index (χ0) is 18.7. The van der Waals surface area contributed by atoms with Crippen LogP contribution < -0.4 is 0 Å². The van der Waals surface area contributed by atoms with Gasteiger partial charge >= 0.3 is 0 Å². The molecule has 0 aliphatic carbocycles. The molecule has 2 amide bonds. The van der Waals surface area contributed by atoms with E-state index in [-0.39, 0.29) is 17.2 Å². The molecule has 3 heterocycles. The van der Waals surface area contributed by atoms with Crippen LogP contribution >= 0.6 is 0 Å². The summed E-state index contributed by atoms with van der Waals surface area (Å²) in [6, 6.07) is 1.77. The lowest BCUT2D eigenvalue weighted by Gasteiger charge is -2.48. The van der Waals surface area contributed by atoms with Crippen molar-refractivity contribution < 1.29 is 9.59 Å². The molecule has 2 saturated heterocycles. The van der Waals surface area contributed by atoms with E-state index < -0.39 is 0 Å². The molecule has 0 aromatic carbocycles. The van der Waals surface area contributed by atoms with Gasteiger partial charge in [0.1, 0.15) is 11.5 Å². The maximum atomic E-state index is 13.0. The highest BCUT2D eigenvalue weighted by Gasteiger charge is 2.42. The number of hydrogen-bond donors (Lipinski definition) is 0. The topological polar surface area (TPSA) is 66.4 Å². The van der Waals surface area contributed by atoms with Gasteiger partial charge < -0.3 is 9.80 Å². The van der Waals surface area contributed by atoms with Crippen LogP contribution in [0.3, 0.4) is 0 Å². The van der Waals surface area contributed by atoms with Gasteiger partial charge in [-0.25, -0.2) is 9.97 Å². The number of aromatic nitrogens is 2. The number of unbranched alkanes of at least 4 members (excludes halogenated alkanes) is 1. The fraction of sp³-hybridized carbons (Fsp3) is 0.700. The van der Waals surface area contributed by atoms with E-state index in [2.05, 4.69) is 16.9 Å². The lowest BCUT2D eigenvalue weighted by atomic mass is 9.73. The first-order valence-corrected chi connectivity index (χ1v) is 9.82. The molecule has 2 fully saturated rings. The molecule has 0 unspecified atom stereocenters. The van der Waals surface area contributed by atoms with Gasteiger partial charge in [-0.3, -0.25) is 9.59 Å². The zero-order valence-corrected chi connectivity index (χ0v) is 16.3. The molecule has 1 aromatic rings. The number of carbonyl (C=O) groups excluding carboxylic acids is 2. The molecule has 6 nitrogen and oxygen atoms in total. The van der Waals surface area contributed by atoms with Crippen LogP contribution in [0.1, 0.15) is 67.5 Å². The highest BCUT2D eigenvalue weighted by Crippen LogP contribution is 2.39. The third-order valence-electron chi connectivity index (χ3n) is 5.66. The van der Waals surface area contributed by atoms with Gasteiger partial charge in [-0.2, -0.15) is 0 Å². The maximum Gasteiger partial charge on any atom is 0.272 e. The van der Waals surface area contributed by atoms with Crippen LogP contribution in [0.15, 0.2) is 6.07 Å². The van der Waals surface area contributed by atoms with Crippen molar-refractivity contribution in [3.63, 3.8) is 0 Å². The van der Waals surface area contributed by atoms with E-state index in [0.29, 0.717) is 17.9 Å². The number of aryl methyl sites for hydroxylation is 2. The Labute approximate surface area is 156 Å². The Morgan fingerprint density at radius 2 is 2.04 bits per heavy atom. The van der Waals surface area contributed by atoms with Crippen LogP contribution in [0.25, 0.3) is 0 Å². The van der Waals surface area contributed by atoms with Crippen molar-refractivity contribution in [2.24, 2.45) is 5.41 Å². The van der Waals surface area contributed by atoms with E-state index >= 15 is 0 Å². The monoisotopic (exact) mass is 358 g/mol. The first kappa shape index (κ1) is 18.8. The highest BCUT2D eigenvalue weighted by atomic mass is 16.2. The molecule has 0 bridgehead atoms. The number of piperidine rings is 2. The minimum absolute atomic E-state index is 0.00492. The molecule has 3 rings (SSSR count). The molecule has 2 aliphatic heterocycles. The minimum Gasteiger partial charge on any atom is -0.342 e. The van der Waals surface area contributed by atoms with Crippen molar-refractivity contribution in [3.8, 4) is 0 Å². The van der Waals surface area contributed by atoms with Gasteiger partial charge in [-0.15, -0.1) is 0 Å². The summed E-state index contributed by atoms with van der Waals surface area (Å²) < 4.78 is 0. The van der Waals surface area contributed by atoms with E-state index in [1.807, 2.05) is 23.6 Å². The maximum absolute atomic E-state index is 13.0. The van der Waals surface area contributed by atoms with Crippen LogP contribution in [0.4, 0.5) is 0 Å². The highest BCUT2D eigenvalue weighted by molar-refractivity contribution is 5.92. The second-order valence-electron chi connectivity index (χ2n) is 7.94. The van der Waals surface area contributed by atoms with E-state index in [0.717, 1.165) is 64.0 Å². The molecule has 0 saturated carbocycles. The Hall–Kier alpha value is -1.98. The van der Waals surface area contributed by atoms with Gasteiger partial charge in [0.15, 0.2) is 0 Å². The average Bonchev–Trinajstić information content (AvgIpc) is 2.61. The summed E-state index contributed by atoms with van der Waals surface area (Å²) in [6.07, 6.45) is 5.72. The van der Waals surface area contributed by atoms with Crippen molar-refractivity contribution in [1.82, 2.24) is 19.8 Å². The van der Waals surface area contributed by atoms with Gasteiger partial charge in [-0.1, -0.05) is 13.3 Å². The number of rotatable bonds is 4. The van der Waals surface area contributed by atoms with Gasteiger partial charge in [0.25, 0.3) is 5.91 Å². The Bertz CT molecular complexity index is 670. The third-order valence-corrected chi connectivity index (χ3v) is 5.66. The predicted octanol–water partition coefficient (Wildman–Crippen LogP) is 2.74. The Kier molecular flexibility index (Phi) is 5.58. The van der Waals surface area contributed by atoms with Crippen molar-refractivity contribution in [1.29, 1.82) is 0 Å². The van der Waals surface area contributed by atoms with Gasteiger partial charge in [-0.05, 0) is 45.6 Å². The van der Waals surface area contributed by atoms with Crippen LogP contribution in [-0.4, -0.2) is 57.8 Å². The van der Waals surface area contributed by atoms with Crippen molar-refractivity contribution in [2.75, 3.05) is 26.2 Å². The lowest BCUT2D eigenvalue weighted by Crippen LogP contribution is -2.55. The number of carbonyl (C=O) groups is 2. The van der Waals surface area contributed by atoms with E-state index in [1.165, 1.54) is 0 Å². The lowest BCUT2D eigenvalue weighted by molar-refractivity contribution is -0.139. The number of amides is 2. The predicted molar refractivity (Wildman–Crippen MR) is 99.8 cm³/mol. The molecule has 1 spiro atoms. The number of nitrogens with zero attached hydrogens (tertiary/aromatic N) is 4. The smallest absolute Gasteiger partial charge is 0.272 e. The molecule has 6 heteroatoms. The minimum atomic E-state index is -0.00492. The summed E-state index contributed by atoms with van der Waals surface area (Å²) in [7, 11) is 0. The molecule has 26 heavy (non-hydrogen) atoms. The van der Waals surface area contributed by atoms with Crippen molar-refractivity contribution >= 4 is 11.8 Å². The molecular formula is C20H30N4O2. The van der Waals surface area contributed by atoms with Gasteiger partial charge in [0.05, 0.1) is 0 Å². The van der Waals surface area contributed by atoms with Crippen molar-refractivity contribution in [3.05, 3.63) is 23.3 Å². The van der Waals surface area contributed by atoms with Gasteiger partial charge in [0.2, 0.25) is 5.91 Å². The summed E-state index contributed by atoms with van der Waals surface area (Å²) in [5.74, 6) is 0.901. The summed E-state index contributed by atoms with van der Waals surface area (Å²) in [6.45, 7) is 8.99. The van der Waals surface area contributed by atoms with Crippen LogP contribution in [0.2, 0.25) is 0 Å². The first-order valence-electron chi connectivity index (χ1n) is 9.82. The van der Waals surface area contributed by atoms with Crippen molar-refractivity contribution in [2.45, 2.75) is 59.3 Å². The Morgan fingerprint density at radius 3 is 2.77 bits per heavy atom. The standard InChI is InChI=1S/C20H30N4O2/c1-4-5-10-23-13-20(9-7-18(23)25)8-6-11-24(14-20)19(26)17-12-15(2)21-16(3)22-17/h12H,4-11,13-14H2,1-3H3/t20-/m0/s1. The molecule has 0 radical (unpaired) electrons. The Morgan fingerprint density at radius 1 is 1.23 bits per heavy atom. The number of hydrogen-bond acceptors (Lipinski definition) is 4. The summed E-state index contributed by atoms with van der Waals surface area (Å²) in [4.78, 5) is 37.8. The zero-order valence-electron chi connectivity index (χ0n) is 16.3. The summed E-state index contributed by atoms with van der Waals surface area (Å²) in [5, 5.41) is 0. The Balaban J connectivity index is 1.73. The van der Waals surface area contributed by atoms with E-state index in [1.54, 1.807) is 6.07 Å². The largest absolute Gasteiger partial charge is 0.342 e. The van der Waals surface area contributed by atoms with Gasteiger partial charge in [0, 0.05) is 43.7 Å². The normalized spacial score (nSPS) is 23.6. The summed E-state index contributed by atoms with van der Waals surface area (Å²) in [5.41, 5.74) is 1.36. The average molecular weight is 358 g/mol. The summed E-state index contributed by atoms with van der Waals surface area (Å²) >= 11 is 0. The first-order chi connectivity index (χ1) is 12.4. The fourth-order valence-corrected chi connectivity index (χ4v) is 4.36. The number of likely N-dealkylation sites (tertiary alicyclic amines) is 2. The second kappa shape index (κ2) is 7.72. The van der Waals surface area contributed by atoms with Crippen LogP contribution in [-0.2, 0) is 4.79 Å². The van der Waals surface area contributed by atoms with E-state index in [4.69, 9.17) is 0 Å². The molecule has 2 aliphatic rings. The fourth-order valence-electron chi connectivity index (χ4n) is 4.36. The second-order valence-corrected chi connectivity index (χ2v) is 7.94.